The minimum absolute atomic E-state index is 0.0643. The second-order valence-electron chi connectivity index (χ2n) is 3.98. The first-order chi connectivity index (χ1) is 9.38. The number of anilines is 2. The van der Waals surface area contributed by atoms with Crippen LogP contribution in [0.2, 0.25) is 0 Å². The van der Waals surface area contributed by atoms with E-state index in [1.54, 1.807) is 24.3 Å². The van der Waals surface area contributed by atoms with E-state index in [2.05, 4.69) is 59.8 Å². The van der Waals surface area contributed by atoms with Crippen LogP contribution in [-0.2, 0) is 0 Å². The molecule has 0 radical (unpaired) electrons. The highest BCUT2D eigenvalue weighted by Gasteiger charge is 2.15. The molecule has 0 aliphatic heterocycles. The maximum atomic E-state index is 12.2. The first kappa shape index (κ1) is 15.6. The van der Waals surface area contributed by atoms with Crippen LogP contribution >= 0.6 is 54.5 Å². The van der Waals surface area contributed by atoms with Crippen molar-refractivity contribution in [2.75, 3.05) is 11.1 Å². The summed E-state index contributed by atoms with van der Waals surface area (Å²) in [6.45, 7) is 0. The van der Waals surface area contributed by atoms with Crippen LogP contribution in [0, 0.1) is 3.57 Å². The summed E-state index contributed by atoms with van der Waals surface area (Å²) < 4.78 is 2.17. The number of carbonyl (C=O) groups is 1. The van der Waals surface area contributed by atoms with Crippen molar-refractivity contribution >= 4 is 71.7 Å². The molecular formula is C13H9Br2IN2O2. The van der Waals surface area contributed by atoms with Gasteiger partial charge in [-0.3, -0.25) is 4.79 Å². The van der Waals surface area contributed by atoms with Gasteiger partial charge in [-0.15, -0.1) is 0 Å². The average molecular weight is 512 g/mol. The molecule has 104 valence electrons. The number of aromatic hydroxyl groups is 1. The van der Waals surface area contributed by atoms with Gasteiger partial charge >= 0.3 is 0 Å². The van der Waals surface area contributed by atoms with Gasteiger partial charge in [-0.1, -0.05) is 0 Å². The minimum atomic E-state index is -0.396. The topological polar surface area (TPSA) is 75.3 Å². The van der Waals surface area contributed by atoms with Gasteiger partial charge < -0.3 is 16.2 Å². The maximum Gasteiger partial charge on any atom is 0.259 e. The van der Waals surface area contributed by atoms with Crippen LogP contribution in [0.1, 0.15) is 10.4 Å². The summed E-state index contributed by atoms with van der Waals surface area (Å²) >= 11 is 8.76. The molecular weight excluding hydrogens is 503 g/mol. The van der Waals surface area contributed by atoms with Gasteiger partial charge in [-0.2, -0.15) is 0 Å². The highest BCUT2D eigenvalue weighted by molar-refractivity contribution is 14.1. The quantitative estimate of drug-likeness (QED) is 0.414. The van der Waals surface area contributed by atoms with Gasteiger partial charge in [0.15, 0.2) is 0 Å². The van der Waals surface area contributed by atoms with Gasteiger partial charge in [0, 0.05) is 18.2 Å². The summed E-state index contributed by atoms with van der Waals surface area (Å²) in [6.07, 6.45) is 0. The molecule has 0 saturated heterocycles. The van der Waals surface area contributed by atoms with Crippen LogP contribution in [-0.4, -0.2) is 11.0 Å². The van der Waals surface area contributed by atoms with E-state index in [0.29, 0.717) is 20.3 Å². The van der Waals surface area contributed by atoms with Crippen LogP contribution in [0.15, 0.2) is 39.3 Å². The number of hydrogen-bond donors (Lipinski definition) is 3. The van der Waals surface area contributed by atoms with Gasteiger partial charge in [0.05, 0.1) is 11.3 Å². The number of halogens is 3. The Morgan fingerprint density at radius 2 is 1.80 bits per heavy atom. The highest BCUT2D eigenvalue weighted by Crippen LogP contribution is 2.34. The van der Waals surface area contributed by atoms with Crippen molar-refractivity contribution in [3.8, 4) is 5.75 Å². The molecule has 4 nitrogen and oxygen atoms in total. The van der Waals surface area contributed by atoms with Gasteiger partial charge in [0.2, 0.25) is 0 Å². The SMILES string of the molecule is Nc1cc(Br)c(NC(=O)c2cc(I)ccc2O)c(Br)c1. The summed E-state index contributed by atoms with van der Waals surface area (Å²) in [6, 6.07) is 8.21. The molecule has 20 heavy (non-hydrogen) atoms. The molecule has 0 spiro atoms. The predicted molar refractivity (Wildman–Crippen MR) is 95.0 cm³/mol. The van der Waals surface area contributed by atoms with E-state index in [1.807, 2.05) is 0 Å². The molecule has 0 aliphatic carbocycles. The Bertz CT molecular complexity index is 669. The van der Waals surface area contributed by atoms with Gasteiger partial charge in [-0.05, 0) is 84.8 Å². The number of phenols is 1. The number of hydrogen-bond acceptors (Lipinski definition) is 3. The zero-order valence-electron chi connectivity index (χ0n) is 9.95. The fraction of sp³-hybridized carbons (Fsp3) is 0. The molecule has 2 rings (SSSR count). The van der Waals surface area contributed by atoms with E-state index in [4.69, 9.17) is 5.73 Å². The van der Waals surface area contributed by atoms with Crippen LogP contribution in [0.3, 0.4) is 0 Å². The van der Waals surface area contributed by atoms with Crippen LogP contribution in [0.4, 0.5) is 11.4 Å². The van der Waals surface area contributed by atoms with Crippen LogP contribution in [0.5, 0.6) is 5.75 Å². The van der Waals surface area contributed by atoms with Crippen molar-refractivity contribution in [2.45, 2.75) is 0 Å². The average Bonchev–Trinajstić information content (AvgIpc) is 2.36. The second-order valence-corrected chi connectivity index (χ2v) is 6.93. The van der Waals surface area contributed by atoms with E-state index in [9.17, 15) is 9.90 Å². The number of nitrogens with one attached hydrogen (secondary N) is 1. The standard InChI is InChI=1S/C13H9Br2IN2O2/c14-9-4-7(17)5-10(15)12(9)18-13(20)8-3-6(16)1-2-11(8)19/h1-5,19H,17H2,(H,18,20). The van der Waals surface area contributed by atoms with E-state index in [-0.39, 0.29) is 11.3 Å². The number of nitrogen functional groups attached to an aromatic ring is 1. The molecule has 0 aliphatic rings. The predicted octanol–water partition coefficient (Wildman–Crippen LogP) is 4.36. The molecule has 0 bridgehead atoms. The van der Waals surface area contributed by atoms with E-state index in [1.165, 1.54) is 6.07 Å². The summed E-state index contributed by atoms with van der Waals surface area (Å²) in [4.78, 5) is 12.2. The number of amides is 1. The Hall–Kier alpha value is -0.800. The molecule has 2 aromatic rings. The normalized spacial score (nSPS) is 10.3. The van der Waals surface area contributed by atoms with E-state index in [0.717, 1.165) is 3.57 Å². The zero-order chi connectivity index (χ0) is 14.9. The lowest BCUT2D eigenvalue weighted by molar-refractivity contribution is 0.102. The molecule has 1 amide bonds. The van der Waals surface area contributed by atoms with E-state index < -0.39 is 5.91 Å². The van der Waals surface area contributed by atoms with Gasteiger partial charge in [0.1, 0.15) is 5.75 Å². The third-order valence-corrected chi connectivity index (χ3v) is 4.43. The highest BCUT2D eigenvalue weighted by atomic mass is 127. The van der Waals surface area contributed by atoms with Crippen LogP contribution < -0.4 is 11.1 Å². The number of rotatable bonds is 2. The number of phenolic OH excluding ortho intramolecular Hbond substituents is 1. The lowest BCUT2D eigenvalue weighted by atomic mass is 10.2. The number of carbonyl (C=O) groups excluding carboxylic acids is 1. The lowest BCUT2D eigenvalue weighted by Gasteiger charge is -2.11. The first-order valence-corrected chi connectivity index (χ1v) is 8.09. The van der Waals surface area contributed by atoms with Crippen molar-refractivity contribution in [3.63, 3.8) is 0 Å². The molecule has 2 aromatic carbocycles. The molecule has 0 heterocycles. The number of nitrogens with two attached hydrogens (primary N) is 1. The van der Waals surface area contributed by atoms with Crippen molar-refractivity contribution in [1.82, 2.24) is 0 Å². The van der Waals surface area contributed by atoms with Gasteiger partial charge in [0.25, 0.3) is 5.91 Å². The third-order valence-electron chi connectivity index (χ3n) is 2.51. The second kappa shape index (κ2) is 6.31. The Morgan fingerprint density at radius 1 is 1.20 bits per heavy atom. The lowest BCUT2D eigenvalue weighted by Crippen LogP contribution is -2.13. The third kappa shape index (κ3) is 3.44. The van der Waals surface area contributed by atoms with Gasteiger partial charge in [-0.25, -0.2) is 0 Å². The zero-order valence-corrected chi connectivity index (χ0v) is 15.3. The maximum absolute atomic E-state index is 12.2. The summed E-state index contributed by atoms with van der Waals surface area (Å²) in [5, 5.41) is 12.5. The summed E-state index contributed by atoms with van der Waals surface area (Å²) in [5.41, 5.74) is 7.04. The molecule has 0 aromatic heterocycles. The van der Waals surface area contributed by atoms with E-state index >= 15 is 0 Å². The smallest absolute Gasteiger partial charge is 0.259 e. The molecule has 0 saturated carbocycles. The fourth-order valence-electron chi connectivity index (χ4n) is 1.58. The molecule has 0 fully saturated rings. The largest absolute Gasteiger partial charge is 0.507 e. The van der Waals surface area contributed by atoms with Crippen molar-refractivity contribution in [2.24, 2.45) is 0 Å². The molecule has 4 N–H and O–H groups in total. The summed E-state index contributed by atoms with van der Waals surface area (Å²) in [7, 11) is 0. The minimum Gasteiger partial charge on any atom is -0.507 e. The summed E-state index contributed by atoms with van der Waals surface area (Å²) in [5.74, 6) is -0.460. The monoisotopic (exact) mass is 510 g/mol. The number of benzene rings is 2. The fourth-order valence-corrected chi connectivity index (χ4v) is 3.49. The van der Waals surface area contributed by atoms with Crippen molar-refractivity contribution < 1.29 is 9.90 Å². The molecule has 0 unspecified atom stereocenters. The molecule has 0 atom stereocenters. The molecule has 7 heteroatoms. The first-order valence-electron chi connectivity index (χ1n) is 5.43. The van der Waals surface area contributed by atoms with Crippen LogP contribution in [0.25, 0.3) is 0 Å². The van der Waals surface area contributed by atoms with Crippen molar-refractivity contribution in [3.05, 3.63) is 48.4 Å². The Labute approximate surface area is 146 Å². The Balaban J connectivity index is 2.35. The Kier molecular flexibility index (Phi) is 4.92. The Morgan fingerprint density at radius 3 is 2.40 bits per heavy atom. The van der Waals surface area contributed by atoms with Crippen molar-refractivity contribution in [1.29, 1.82) is 0 Å².